The molecule has 2 heterocycles. The molecule has 1 N–H and O–H groups in total. The van der Waals surface area contributed by atoms with E-state index in [-0.39, 0.29) is 31.0 Å². The first kappa shape index (κ1) is 16.6. The number of fused-ring (bicyclic) bond motifs is 1. The smallest absolute Gasteiger partial charge is 0.232 e. The molecule has 1 fully saturated rings. The Balaban J connectivity index is 0.00000169. The molecule has 6 heteroatoms. The molecular formula is C18H19ClN2O3. The molecule has 5 nitrogen and oxygen atoms in total. The summed E-state index contributed by atoms with van der Waals surface area (Å²) in [6, 6.07) is 15.6. The minimum absolute atomic E-state index is 0. The van der Waals surface area contributed by atoms with Gasteiger partial charge < -0.3 is 19.7 Å². The molecule has 0 spiro atoms. The van der Waals surface area contributed by atoms with Gasteiger partial charge in [0.1, 0.15) is 0 Å². The largest absolute Gasteiger partial charge is 0.454 e. The van der Waals surface area contributed by atoms with Crippen molar-refractivity contribution >= 4 is 24.0 Å². The van der Waals surface area contributed by atoms with Gasteiger partial charge in [-0.25, -0.2) is 0 Å². The molecule has 2 aromatic rings. The molecule has 2 aliphatic heterocycles. The Hall–Kier alpha value is -2.24. The maximum absolute atomic E-state index is 12.8. The molecule has 126 valence electrons. The predicted octanol–water partition coefficient (Wildman–Crippen LogP) is 2.59. The van der Waals surface area contributed by atoms with E-state index in [1.165, 1.54) is 0 Å². The zero-order valence-electron chi connectivity index (χ0n) is 13.1. The number of amides is 1. The summed E-state index contributed by atoms with van der Waals surface area (Å²) in [5, 5.41) is 3.16. The normalized spacial score (nSPS) is 15.3. The van der Waals surface area contributed by atoms with Gasteiger partial charge in [-0.1, -0.05) is 24.3 Å². The zero-order valence-corrected chi connectivity index (χ0v) is 13.9. The van der Waals surface area contributed by atoms with Crippen LogP contribution in [0.15, 0.2) is 48.5 Å². The van der Waals surface area contributed by atoms with Gasteiger partial charge in [0.05, 0.1) is 12.5 Å². The molecule has 2 aromatic carbocycles. The average molecular weight is 347 g/mol. The lowest BCUT2D eigenvalue weighted by atomic mass is 10.0. The summed E-state index contributed by atoms with van der Waals surface area (Å²) < 4.78 is 10.8. The molecule has 0 atom stereocenters. The Morgan fingerprint density at radius 1 is 1.08 bits per heavy atom. The Morgan fingerprint density at radius 3 is 2.54 bits per heavy atom. The van der Waals surface area contributed by atoms with Crippen LogP contribution >= 0.6 is 12.4 Å². The monoisotopic (exact) mass is 346 g/mol. The lowest BCUT2D eigenvalue weighted by Gasteiger charge is -2.32. The minimum Gasteiger partial charge on any atom is -0.454 e. The van der Waals surface area contributed by atoms with Crippen molar-refractivity contribution in [2.24, 2.45) is 5.92 Å². The Bertz CT molecular complexity index is 719. The van der Waals surface area contributed by atoms with E-state index in [0.717, 1.165) is 35.8 Å². The van der Waals surface area contributed by atoms with Gasteiger partial charge in [0.25, 0.3) is 0 Å². The highest BCUT2D eigenvalue weighted by molar-refractivity contribution is 5.95. The highest BCUT2D eigenvalue weighted by Crippen LogP contribution is 2.33. The SMILES string of the molecule is Cl.O=C(C1CNC1)N(Cc1ccc2c(c1)OCO2)c1ccccc1. The number of anilines is 1. The highest BCUT2D eigenvalue weighted by atomic mass is 35.5. The fraction of sp³-hybridized carbons (Fsp3) is 0.278. The molecule has 0 saturated carbocycles. The molecule has 24 heavy (non-hydrogen) atoms. The summed E-state index contributed by atoms with van der Waals surface area (Å²) in [5.74, 6) is 1.72. The van der Waals surface area contributed by atoms with E-state index in [9.17, 15) is 4.79 Å². The van der Waals surface area contributed by atoms with Crippen LogP contribution in [0.3, 0.4) is 0 Å². The number of halogens is 1. The number of nitrogens with one attached hydrogen (secondary N) is 1. The second-order valence-corrected chi connectivity index (χ2v) is 5.80. The van der Waals surface area contributed by atoms with Gasteiger partial charge in [0.2, 0.25) is 12.7 Å². The van der Waals surface area contributed by atoms with Crippen LogP contribution in [0.1, 0.15) is 5.56 Å². The van der Waals surface area contributed by atoms with E-state index in [1.807, 2.05) is 53.4 Å². The quantitative estimate of drug-likeness (QED) is 0.924. The zero-order chi connectivity index (χ0) is 15.6. The standard InChI is InChI=1S/C18H18N2O3.ClH/c21-18(14-9-19-10-14)20(15-4-2-1-3-5-15)11-13-6-7-16-17(8-13)23-12-22-16;/h1-8,14,19H,9-12H2;1H. The maximum Gasteiger partial charge on any atom is 0.232 e. The minimum atomic E-state index is 0. The van der Waals surface area contributed by atoms with Gasteiger partial charge in [0.15, 0.2) is 11.5 Å². The number of para-hydroxylation sites is 1. The number of ether oxygens (including phenoxy) is 2. The van der Waals surface area contributed by atoms with Crippen LogP contribution in [0.5, 0.6) is 11.5 Å². The summed E-state index contributed by atoms with van der Waals surface area (Å²) in [5.41, 5.74) is 1.95. The molecule has 1 saturated heterocycles. The summed E-state index contributed by atoms with van der Waals surface area (Å²) >= 11 is 0. The molecule has 0 aliphatic carbocycles. The molecule has 0 aromatic heterocycles. The Labute approximate surface area is 147 Å². The number of carbonyl (C=O) groups excluding carboxylic acids is 1. The third-order valence-electron chi connectivity index (χ3n) is 4.24. The van der Waals surface area contributed by atoms with Gasteiger partial charge in [-0.05, 0) is 29.8 Å². The van der Waals surface area contributed by atoms with Crippen molar-refractivity contribution < 1.29 is 14.3 Å². The molecule has 1 amide bonds. The molecule has 0 bridgehead atoms. The second kappa shape index (κ2) is 7.11. The number of carbonyl (C=O) groups is 1. The van der Waals surface area contributed by atoms with Crippen LogP contribution in [-0.4, -0.2) is 25.8 Å². The van der Waals surface area contributed by atoms with Gasteiger partial charge in [-0.15, -0.1) is 12.4 Å². The van der Waals surface area contributed by atoms with Crippen molar-refractivity contribution in [3.8, 4) is 11.5 Å². The van der Waals surface area contributed by atoms with Crippen LogP contribution in [0, 0.1) is 5.92 Å². The lowest BCUT2D eigenvalue weighted by Crippen LogP contribution is -2.52. The van der Waals surface area contributed by atoms with E-state index in [1.54, 1.807) is 0 Å². The van der Waals surface area contributed by atoms with Crippen LogP contribution < -0.4 is 19.7 Å². The van der Waals surface area contributed by atoms with Crippen LogP contribution in [0.25, 0.3) is 0 Å². The topological polar surface area (TPSA) is 50.8 Å². The van der Waals surface area contributed by atoms with Gasteiger partial charge in [-0.3, -0.25) is 4.79 Å². The van der Waals surface area contributed by atoms with Crippen LogP contribution in [-0.2, 0) is 11.3 Å². The predicted molar refractivity (Wildman–Crippen MR) is 93.8 cm³/mol. The van der Waals surface area contributed by atoms with Gasteiger partial charge >= 0.3 is 0 Å². The van der Waals surface area contributed by atoms with Crippen molar-refractivity contribution in [3.05, 3.63) is 54.1 Å². The first-order valence-electron chi connectivity index (χ1n) is 7.77. The van der Waals surface area contributed by atoms with Crippen LogP contribution in [0.4, 0.5) is 5.69 Å². The van der Waals surface area contributed by atoms with E-state index >= 15 is 0 Å². The van der Waals surface area contributed by atoms with Crippen molar-refractivity contribution in [1.29, 1.82) is 0 Å². The fourth-order valence-corrected chi connectivity index (χ4v) is 2.81. The van der Waals surface area contributed by atoms with Gasteiger partial charge in [-0.2, -0.15) is 0 Å². The Kier molecular flexibility index (Phi) is 4.92. The summed E-state index contributed by atoms with van der Waals surface area (Å²) in [7, 11) is 0. The highest BCUT2D eigenvalue weighted by Gasteiger charge is 2.30. The van der Waals surface area contributed by atoms with Crippen molar-refractivity contribution in [1.82, 2.24) is 5.32 Å². The fourth-order valence-electron chi connectivity index (χ4n) is 2.81. The maximum atomic E-state index is 12.8. The summed E-state index contributed by atoms with van der Waals surface area (Å²) in [6.07, 6.45) is 0. The van der Waals surface area contributed by atoms with Crippen LogP contribution in [0.2, 0.25) is 0 Å². The number of benzene rings is 2. The van der Waals surface area contributed by atoms with E-state index in [2.05, 4.69) is 5.32 Å². The molecule has 2 aliphatic rings. The Morgan fingerprint density at radius 2 is 1.83 bits per heavy atom. The van der Waals surface area contributed by atoms with Crippen molar-refractivity contribution in [2.45, 2.75) is 6.54 Å². The average Bonchev–Trinajstić information content (AvgIpc) is 2.99. The van der Waals surface area contributed by atoms with E-state index in [4.69, 9.17) is 9.47 Å². The van der Waals surface area contributed by atoms with E-state index in [0.29, 0.717) is 6.54 Å². The first-order chi connectivity index (χ1) is 11.3. The van der Waals surface area contributed by atoms with Crippen molar-refractivity contribution in [2.75, 3.05) is 24.8 Å². The number of hydrogen-bond donors (Lipinski definition) is 1. The molecule has 4 rings (SSSR count). The summed E-state index contributed by atoms with van der Waals surface area (Å²) in [4.78, 5) is 14.6. The molecular weight excluding hydrogens is 328 g/mol. The molecule has 0 unspecified atom stereocenters. The lowest BCUT2D eigenvalue weighted by molar-refractivity contribution is -0.123. The third kappa shape index (κ3) is 3.18. The first-order valence-corrected chi connectivity index (χ1v) is 7.77. The van der Waals surface area contributed by atoms with Crippen molar-refractivity contribution in [3.63, 3.8) is 0 Å². The van der Waals surface area contributed by atoms with Gasteiger partial charge in [0, 0.05) is 18.8 Å². The van der Waals surface area contributed by atoms with E-state index < -0.39 is 0 Å². The molecule has 0 radical (unpaired) electrons. The summed E-state index contributed by atoms with van der Waals surface area (Å²) in [6.45, 7) is 2.29. The number of rotatable bonds is 4. The number of hydrogen-bond acceptors (Lipinski definition) is 4. The third-order valence-corrected chi connectivity index (χ3v) is 4.24. The second-order valence-electron chi connectivity index (χ2n) is 5.80. The number of nitrogens with zero attached hydrogens (tertiary/aromatic N) is 1.